The molecule has 7 heteroatoms. The molecule has 0 bridgehead atoms. The van der Waals surface area contributed by atoms with E-state index in [1.54, 1.807) is 17.7 Å². The Labute approximate surface area is 154 Å². The number of nitrogens with zero attached hydrogens (tertiary/aromatic N) is 2. The summed E-state index contributed by atoms with van der Waals surface area (Å²) < 4.78 is 12.3. The summed E-state index contributed by atoms with van der Waals surface area (Å²) in [7, 11) is 1.70. The molecule has 2 aliphatic heterocycles. The van der Waals surface area contributed by atoms with Crippen molar-refractivity contribution in [3.05, 3.63) is 63.9 Å². The number of ether oxygens (including phenoxy) is 2. The SMILES string of the molecule is Cn1c(=O)c(C2=NNC(c3ccc4c(c3)OCO4)C2)c(O)c2ccccc21. The minimum Gasteiger partial charge on any atom is -0.506 e. The van der Waals surface area contributed by atoms with E-state index in [4.69, 9.17) is 9.47 Å². The molecule has 0 spiro atoms. The van der Waals surface area contributed by atoms with Gasteiger partial charge in [0.2, 0.25) is 6.79 Å². The quantitative estimate of drug-likeness (QED) is 0.730. The Hall–Kier alpha value is -3.48. The number of aromatic nitrogens is 1. The molecule has 2 aromatic carbocycles. The van der Waals surface area contributed by atoms with Gasteiger partial charge < -0.3 is 24.6 Å². The Balaban J connectivity index is 1.53. The number of aromatic hydroxyl groups is 1. The molecular formula is C20H17N3O4. The highest BCUT2D eigenvalue weighted by Gasteiger charge is 2.28. The number of nitrogens with one attached hydrogen (secondary N) is 1. The summed E-state index contributed by atoms with van der Waals surface area (Å²) >= 11 is 0. The van der Waals surface area contributed by atoms with Crippen LogP contribution in [0.25, 0.3) is 10.9 Å². The van der Waals surface area contributed by atoms with Crippen LogP contribution in [0.1, 0.15) is 23.6 Å². The van der Waals surface area contributed by atoms with Crippen molar-refractivity contribution in [3.63, 3.8) is 0 Å². The predicted octanol–water partition coefficient (Wildman–Crippen LogP) is 2.41. The van der Waals surface area contributed by atoms with Crippen LogP contribution in [-0.4, -0.2) is 22.2 Å². The molecule has 5 rings (SSSR count). The number of rotatable bonds is 2. The van der Waals surface area contributed by atoms with Crippen LogP contribution < -0.4 is 20.5 Å². The molecule has 1 unspecified atom stereocenters. The minimum atomic E-state index is -0.266. The van der Waals surface area contributed by atoms with Crippen molar-refractivity contribution in [2.45, 2.75) is 12.5 Å². The molecule has 0 aliphatic carbocycles. The average Bonchev–Trinajstić information content (AvgIpc) is 3.35. The summed E-state index contributed by atoms with van der Waals surface area (Å²) in [4.78, 5) is 12.8. The molecule has 0 saturated heterocycles. The normalized spacial score (nSPS) is 17.8. The molecule has 3 heterocycles. The molecule has 0 amide bonds. The van der Waals surface area contributed by atoms with E-state index in [-0.39, 0.29) is 29.7 Å². The molecule has 0 fully saturated rings. The van der Waals surface area contributed by atoms with Gasteiger partial charge in [-0.1, -0.05) is 18.2 Å². The first-order valence-electron chi connectivity index (χ1n) is 8.66. The third kappa shape index (κ3) is 2.35. The molecule has 2 aliphatic rings. The number of fused-ring (bicyclic) bond motifs is 2. The Kier molecular flexibility index (Phi) is 3.36. The first-order chi connectivity index (χ1) is 13.1. The third-order valence-electron chi connectivity index (χ3n) is 5.12. The lowest BCUT2D eigenvalue weighted by Gasteiger charge is -2.12. The van der Waals surface area contributed by atoms with Gasteiger partial charge in [-0.25, -0.2) is 0 Å². The first-order valence-corrected chi connectivity index (χ1v) is 8.66. The van der Waals surface area contributed by atoms with Crippen LogP contribution in [0.5, 0.6) is 17.2 Å². The standard InChI is InChI=1S/C20H17N3O4/c1-23-15-5-3-2-4-12(15)19(24)18(20(23)25)14-9-13(21-22-14)11-6-7-16-17(8-11)27-10-26-16/h2-8,13,21,24H,9-10H2,1H3. The van der Waals surface area contributed by atoms with Gasteiger partial charge in [0, 0.05) is 18.9 Å². The van der Waals surface area contributed by atoms with Crippen molar-refractivity contribution < 1.29 is 14.6 Å². The Morgan fingerprint density at radius 1 is 1.19 bits per heavy atom. The van der Waals surface area contributed by atoms with Gasteiger partial charge in [-0.2, -0.15) is 5.10 Å². The number of para-hydroxylation sites is 1. The average molecular weight is 363 g/mol. The van der Waals surface area contributed by atoms with Gasteiger partial charge in [0.25, 0.3) is 5.56 Å². The maximum atomic E-state index is 12.8. The first kappa shape index (κ1) is 15.7. The van der Waals surface area contributed by atoms with Crippen LogP contribution in [0, 0.1) is 0 Å². The summed E-state index contributed by atoms with van der Waals surface area (Å²) in [6.45, 7) is 0.222. The van der Waals surface area contributed by atoms with Crippen molar-refractivity contribution in [1.29, 1.82) is 0 Å². The number of pyridine rings is 1. The Morgan fingerprint density at radius 2 is 2.00 bits per heavy atom. The lowest BCUT2D eigenvalue weighted by molar-refractivity contribution is 0.174. The van der Waals surface area contributed by atoms with E-state index in [1.165, 1.54) is 0 Å². The van der Waals surface area contributed by atoms with Crippen LogP contribution >= 0.6 is 0 Å². The lowest BCUT2D eigenvalue weighted by atomic mass is 9.98. The molecule has 3 aromatic rings. The summed E-state index contributed by atoms with van der Waals surface area (Å²) in [6, 6.07) is 12.9. The summed E-state index contributed by atoms with van der Waals surface area (Å²) in [6.07, 6.45) is 0.487. The number of hydrazone groups is 1. The molecule has 0 saturated carbocycles. The van der Waals surface area contributed by atoms with E-state index >= 15 is 0 Å². The molecule has 7 nitrogen and oxygen atoms in total. The maximum Gasteiger partial charge on any atom is 0.263 e. The van der Waals surface area contributed by atoms with E-state index in [9.17, 15) is 9.90 Å². The third-order valence-corrected chi connectivity index (χ3v) is 5.12. The zero-order valence-corrected chi connectivity index (χ0v) is 14.6. The topological polar surface area (TPSA) is 85.1 Å². The number of benzene rings is 2. The van der Waals surface area contributed by atoms with Crippen molar-refractivity contribution in [1.82, 2.24) is 9.99 Å². The second-order valence-corrected chi connectivity index (χ2v) is 6.66. The van der Waals surface area contributed by atoms with Gasteiger partial charge in [0.15, 0.2) is 11.5 Å². The van der Waals surface area contributed by atoms with E-state index < -0.39 is 0 Å². The number of hydrogen-bond donors (Lipinski definition) is 2. The van der Waals surface area contributed by atoms with E-state index in [1.807, 2.05) is 36.4 Å². The van der Waals surface area contributed by atoms with Gasteiger partial charge in [-0.3, -0.25) is 4.79 Å². The van der Waals surface area contributed by atoms with Gasteiger partial charge in [-0.15, -0.1) is 0 Å². The van der Waals surface area contributed by atoms with Crippen molar-refractivity contribution >= 4 is 16.6 Å². The minimum absolute atomic E-state index is 0.0272. The van der Waals surface area contributed by atoms with Gasteiger partial charge >= 0.3 is 0 Å². The van der Waals surface area contributed by atoms with E-state index in [0.717, 1.165) is 11.3 Å². The maximum absolute atomic E-state index is 12.8. The molecule has 0 radical (unpaired) electrons. The number of aryl methyl sites for hydroxylation is 1. The van der Waals surface area contributed by atoms with Crippen molar-refractivity contribution in [2.24, 2.45) is 12.1 Å². The van der Waals surface area contributed by atoms with E-state index in [2.05, 4.69) is 10.5 Å². The van der Waals surface area contributed by atoms with Crippen LogP contribution in [0.2, 0.25) is 0 Å². The van der Waals surface area contributed by atoms with Crippen LogP contribution in [-0.2, 0) is 7.05 Å². The van der Waals surface area contributed by atoms with Crippen LogP contribution in [0.4, 0.5) is 0 Å². The molecule has 136 valence electrons. The smallest absolute Gasteiger partial charge is 0.263 e. The molecule has 27 heavy (non-hydrogen) atoms. The van der Waals surface area contributed by atoms with Gasteiger partial charge in [0.1, 0.15) is 11.3 Å². The molecular weight excluding hydrogens is 346 g/mol. The number of hydrogen-bond acceptors (Lipinski definition) is 6. The highest BCUT2D eigenvalue weighted by Crippen LogP contribution is 2.36. The Morgan fingerprint density at radius 3 is 2.89 bits per heavy atom. The Bertz CT molecular complexity index is 1170. The van der Waals surface area contributed by atoms with Gasteiger partial charge in [-0.05, 0) is 29.8 Å². The molecule has 1 atom stereocenters. The molecule has 1 aromatic heterocycles. The fourth-order valence-electron chi connectivity index (χ4n) is 3.66. The van der Waals surface area contributed by atoms with Gasteiger partial charge in [0.05, 0.1) is 17.3 Å². The van der Waals surface area contributed by atoms with Crippen molar-refractivity contribution in [3.8, 4) is 17.2 Å². The summed E-state index contributed by atoms with van der Waals surface area (Å²) in [5.41, 5.74) is 5.25. The van der Waals surface area contributed by atoms with Crippen LogP contribution in [0.3, 0.4) is 0 Å². The zero-order chi connectivity index (χ0) is 18.5. The monoisotopic (exact) mass is 363 g/mol. The van der Waals surface area contributed by atoms with Crippen molar-refractivity contribution in [2.75, 3.05) is 6.79 Å². The highest BCUT2D eigenvalue weighted by molar-refractivity contribution is 6.07. The fraction of sp³-hybridized carbons (Fsp3) is 0.200. The summed E-state index contributed by atoms with van der Waals surface area (Å²) in [5.74, 6) is 1.40. The second kappa shape index (κ2) is 5.77. The lowest BCUT2D eigenvalue weighted by Crippen LogP contribution is -2.24. The second-order valence-electron chi connectivity index (χ2n) is 6.66. The molecule has 2 N–H and O–H groups in total. The largest absolute Gasteiger partial charge is 0.506 e. The fourth-order valence-corrected chi connectivity index (χ4v) is 3.66. The van der Waals surface area contributed by atoms with E-state index in [0.29, 0.717) is 28.8 Å². The zero-order valence-electron chi connectivity index (χ0n) is 14.6. The predicted molar refractivity (Wildman–Crippen MR) is 100 cm³/mol. The summed E-state index contributed by atoms with van der Waals surface area (Å²) in [5, 5.41) is 15.7. The van der Waals surface area contributed by atoms with Crippen LogP contribution in [0.15, 0.2) is 52.4 Å². The highest BCUT2D eigenvalue weighted by atomic mass is 16.7.